The average Bonchev–Trinajstić information content (AvgIpc) is 2.56. The fraction of sp³-hybridized carbons (Fsp3) is 0.471. The minimum absolute atomic E-state index is 0.0118. The number of hydrogen-bond donors (Lipinski definition) is 3. The summed E-state index contributed by atoms with van der Waals surface area (Å²) >= 11 is 5.80. The van der Waals surface area contributed by atoms with Crippen molar-refractivity contribution in [3.63, 3.8) is 0 Å². The zero-order valence-electron chi connectivity index (χ0n) is 14.0. The van der Waals surface area contributed by atoms with E-state index in [0.717, 1.165) is 0 Å². The Labute approximate surface area is 146 Å². The van der Waals surface area contributed by atoms with Gasteiger partial charge in [-0.3, -0.25) is 14.4 Å². The fourth-order valence-electron chi connectivity index (χ4n) is 1.98. The molecule has 0 radical (unpaired) electrons. The topological polar surface area (TPSA) is 95.5 Å². The summed E-state index contributed by atoms with van der Waals surface area (Å²) in [6.07, 6.45) is 0.688. The van der Waals surface area contributed by atoms with E-state index in [1.807, 2.05) is 13.8 Å². The third kappa shape index (κ3) is 5.85. The third-order valence-electron chi connectivity index (χ3n) is 3.89. The average molecular weight is 355 g/mol. The second-order valence-electron chi connectivity index (χ2n) is 5.83. The Morgan fingerprint density at radius 3 is 2.25 bits per heavy atom. The van der Waals surface area contributed by atoms with Crippen molar-refractivity contribution < 1.29 is 19.5 Å². The number of nitrogens with one attached hydrogen (secondary N) is 2. The lowest BCUT2D eigenvalue weighted by atomic mass is 9.97. The van der Waals surface area contributed by atoms with Crippen LogP contribution in [0.1, 0.15) is 37.6 Å². The lowest BCUT2D eigenvalue weighted by Crippen LogP contribution is -2.51. The van der Waals surface area contributed by atoms with Gasteiger partial charge in [-0.15, -0.1) is 0 Å². The van der Waals surface area contributed by atoms with Crippen molar-refractivity contribution in [2.24, 2.45) is 11.8 Å². The van der Waals surface area contributed by atoms with Gasteiger partial charge in [0.2, 0.25) is 5.91 Å². The number of carbonyl (C=O) groups excluding carboxylic acids is 2. The normalized spacial score (nSPS) is 14.3. The summed E-state index contributed by atoms with van der Waals surface area (Å²) in [6.45, 7) is 5.29. The summed E-state index contributed by atoms with van der Waals surface area (Å²) in [5.41, 5.74) is 0.402. The molecule has 1 aromatic carbocycles. The van der Waals surface area contributed by atoms with E-state index in [1.165, 1.54) is 6.92 Å². The molecule has 3 unspecified atom stereocenters. The number of aliphatic carboxylic acids is 1. The van der Waals surface area contributed by atoms with Crippen molar-refractivity contribution in [1.29, 1.82) is 0 Å². The van der Waals surface area contributed by atoms with Gasteiger partial charge >= 0.3 is 5.97 Å². The van der Waals surface area contributed by atoms with Gasteiger partial charge in [0.05, 0.1) is 5.92 Å². The van der Waals surface area contributed by atoms with Crippen molar-refractivity contribution in [2.45, 2.75) is 33.2 Å². The zero-order valence-corrected chi connectivity index (χ0v) is 14.8. The number of carboxylic acids is 1. The van der Waals surface area contributed by atoms with Crippen LogP contribution in [0.3, 0.4) is 0 Å². The number of benzene rings is 1. The smallest absolute Gasteiger partial charge is 0.308 e. The number of rotatable bonds is 8. The van der Waals surface area contributed by atoms with Gasteiger partial charge in [-0.05, 0) is 30.2 Å². The van der Waals surface area contributed by atoms with Crippen LogP contribution >= 0.6 is 11.6 Å². The Bertz CT molecular complexity index is 589. The van der Waals surface area contributed by atoms with Crippen LogP contribution in [0.2, 0.25) is 5.02 Å². The molecule has 0 saturated heterocycles. The van der Waals surface area contributed by atoms with E-state index < -0.39 is 17.9 Å². The van der Waals surface area contributed by atoms with Gasteiger partial charge in [0.15, 0.2) is 0 Å². The molecule has 1 aromatic rings. The molecule has 24 heavy (non-hydrogen) atoms. The van der Waals surface area contributed by atoms with Gasteiger partial charge in [-0.2, -0.15) is 0 Å². The second kappa shape index (κ2) is 9.27. The number of halogens is 1. The van der Waals surface area contributed by atoms with E-state index in [1.54, 1.807) is 24.3 Å². The monoisotopic (exact) mass is 354 g/mol. The van der Waals surface area contributed by atoms with Crippen LogP contribution in [0.15, 0.2) is 24.3 Å². The number of carboxylic acid groups (broad SMARTS) is 1. The van der Waals surface area contributed by atoms with E-state index in [2.05, 4.69) is 10.6 Å². The van der Waals surface area contributed by atoms with E-state index in [4.69, 9.17) is 16.7 Å². The first-order valence-corrected chi connectivity index (χ1v) is 8.21. The lowest BCUT2D eigenvalue weighted by Gasteiger charge is -2.24. The van der Waals surface area contributed by atoms with Crippen LogP contribution in [-0.4, -0.2) is 35.5 Å². The number of carbonyl (C=O) groups is 3. The van der Waals surface area contributed by atoms with Gasteiger partial charge in [0.25, 0.3) is 5.91 Å². The van der Waals surface area contributed by atoms with Crippen molar-refractivity contribution in [2.75, 3.05) is 6.54 Å². The second-order valence-corrected chi connectivity index (χ2v) is 6.26. The highest BCUT2D eigenvalue weighted by molar-refractivity contribution is 6.30. The number of amides is 2. The van der Waals surface area contributed by atoms with Crippen molar-refractivity contribution >= 4 is 29.4 Å². The summed E-state index contributed by atoms with van der Waals surface area (Å²) in [6, 6.07) is 5.62. The third-order valence-corrected chi connectivity index (χ3v) is 4.14. The van der Waals surface area contributed by atoms with Gasteiger partial charge in [-0.1, -0.05) is 38.8 Å². The molecular formula is C17H23ClN2O4. The molecular weight excluding hydrogens is 332 g/mol. The van der Waals surface area contributed by atoms with Crippen molar-refractivity contribution in [3.8, 4) is 0 Å². The summed E-state index contributed by atoms with van der Waals surface area (Å²) < 4.78 is 0. The Kier molecular flexibility index (Phi) is 7.71. The SMILES string of the molecule is CCC(C)C(NC(=O)c1ccc(Cl)cc1)C(=O)NCC(C)C(=O)O. The maximum Gasteiger partial charge on any atom is 0.308 e. The molecule has 0 spiro atoms. The van der Waals surface area contributed by atoms with E-state index in [0.29, 0.717) is 17.0 Å². The molecule has 0 aliphatic rings. The van der Waals surface area contributed by atoms with Crippen LogP contribution in [0.4, 0.5) is 0 Å². The van der Waals surface area contributed by atoms with Crippen LogP contribution in [0.5, 0.6) is 0 Å². The quantitative estimate of drug-likeness (QED) is 0.667. The maximum absolute atomic E-state index is 12.4. The molecule has 0 aliphatic heterocycles. The summed E-state index contributed by atoms with van der Waals surface area (Å²) in [4.78, 5) is 35.5. The minimum Gasteiger partial charge on any atom is -0.481 e. The summed E-state index contributed by atoms with van der Waals surface area (Å²) in [5, 5.41) is 14.7. The Morgan fingerprint density at radius 2 is 1.75 bits per heavy atom. The first kappa shape index (κ1) is 20.0. The van der Waals surface area contributed by atoms with E-state index in [9.17, 15) is 14.4 Å². The van der Waals surface area contributed by atoms with Crippen LogP contribution < -0.4 is 10.6 Å². The first-order chi connectivity index (χ1) is 11.3. The summed E-state index contributed by atoms with van der Waals surface area (Å²) in [5.74, 6) is -2.54. The number of hydrogen-bond acceptors (Lipinski definition) is 3. The van der Waals surface area contributed by atoms with Crippen molar-refractivity contribution in [3.05, 3.63) is 34.9 Å². The minimum atomic E-state index is -0.986. The molecule has 3 atom stereocenters. The van der Waals surface area contributed by atoms with E-state index >= 15 is 0 Å². The van der Waals surface area contributed by atoms with Gasteiger partial charge < -0.3 is 15.7 Å². The Morgan fingerprint density at radius 1 is 1.17 bits per heavy atom. The zero-order chi connectivity index (χ0) is 18.3. The molecule has 6 nitrogen and oxygen atoms in total. The molecule has 0 saturated carbocycles. The maximum atomic E-state index is 12.4. The van der Waals surface area contributed by atoms with Crippen LogP contribution in [0, 0.1) is 11.8 Å². The largest absolute Gasteiger partial charge is 0.481 e. The van der Waals surface area contributed by atoms with Gasteiger partial charge in [-0.25, -0.2) is 0 Å². The van der Waals surface area contributed by atoms with Crippen LogP contribution in [-0.2, 0) is 9.59 Å². The lowest BCUT2D eigenvalue weighted by molar-refractivity contribution is -0.141. The molecule has 2 amide bonds. The van der Waals surface area contributed by atoms with E-state index in [-0.39, 0.29) is 24.3 Å². The first-order valence-electron chi connectivity index (χ1n) is 7.83. The predicted octanol–water partition coefficient (Wildman–Crippen LogP) is 2.32. The molecule has 3 N–H and O–H groups in total. The van der Waals surface area contributed by atoms with Gasteiger partial charge in [0, 0.05) is 17.1 Å². The molecule has 0 bridgehead atoms. The Hall–Kier alpha value is -2.08. The highest BCUT2D eigenvalue weighted by atomic mass is 35.5. The van der Waals surface area contributed by atoms with Gasteiger partial charge in [0.1, 0.15) is 6.04 Å². The fourth-order valence-corrected chi connectivity index (χ4v) is 2.10. The van der Waals surface area contributed by atoms with Crippen LogP contribution in [0.25, 0.3) is 0 Å². The molecule has 1 rings (SSSR count). The highest BCUT2D eigenvalue weighted by Crippen LogP contribution is 2.12. The Balaban J connectivity index is 2.77. The molecule has 7 heteroatoms. The molecule has 0 heterocycles. The van der Waals surface area contributed by atoms with Crippen molar-refractivity contribution in [1.82, 2.24) is 10.6 Å². The molecule has 0 fully saturated rings. The molecule has 0 aromatic heterocycles. The predicted molar refractivity (Wildman–Crippen MR) is 92.0 cm³/mol. The highest BCUT2D eigenvalue weighted by Gasteiger charge is 2.27. The molecule has 0 aliphatic carbocycles. The summed E-state index contributed by atoms with van der Waals surface area (Å²) in [7, 11) is 0. The standard InChI is InChI=1S/C17H23ClN2O4/c1-4-10(2)14(16(22)19-9-11(3)17(23)24)20-15(21)12-5-7-13(18)8-6-12/h5-8,10-11,14H,4,9H2,1-3H3,(H,19,22)(H,20,21)(H,23,24). The molecule has 132 valence electrons.